The molecule has 2 atom stereocenters. The molecule has 0 spiro atoms. The molecule has 38 heavy (non-hydrogen) atoms. The SMILES string of the molecule is CC[C@@H](C)N1C(=O)c2ccc3c4ccc5c6c(ccc(c7ccc(c2c37)C1=O)c64)C(=O)N([C@H](C)CC)C5=O. The molecule has 6 heteroatoms. The monoisotopic (exact) mass is 502 g/mol. The van der Waals surface area contributed by atoms with Crippen LogP contribution in [0.2, 0.25) is 0 Å². The number of carbonyl (C=O) groups excluding carboxylic acids is 4. The third-order valence-corrected chi connectivity index (χ3v) is 8.76. The van der Waals surface area contributed by atoms with Crippen molar-refractivity contribution in [3.63, 3.8) is 0 Å². The van der Waals surface area contributed by atoms with Gasteiger partial charge in [-0.1, -0.05) is 38.1 Å². The predicted octanol–water partition coefficient (Wildman–Crippen LogP) is 6.53. The van der Waals surface area contributed by atoms with Crippen molar-refractivity contribution in [2.24, 2.45) is 0 Å². The van der Waals surface area contributed by atoms with Crippen LogP contribution in [0.25, 0.3) is 43.1 Å². The number of nitrogens with zero attached hydrogens (tertiary/aromatic N) is 2. The lowest BCUT2D eigenvalue weighted by atomic mass is 9.82. The highest BCUT2D eigenvalue weighted by Gasteiger charge is 2.38. The zero-order valence-corrected chi connectivity index (χ0v) is 21.7. The minimum Gasteiger partial charge on any atom is -0.272 e. The smallest absolute Gasteiger partial charge is 0.261 e. The first kappa shape index (κ1) is 22.8. The van der Waals surface area contributed by atoms with E-state index in [1.165, 1.54) is 9.80 Å². The molecule has 6 nitrogen and oxygen atoms in total. The average molecular weight is 503 g/mol. The van der Waals surface area contributed by atoms with Crippen LogP contribution in [0, 0.1) is 0 Å². The molecular weight excluding hydrogens is 476 g/mol. The summed E-state index contributed by atoms with van der Waals surface area (Å²) in [6.07, 6.45) is 1.36. The van der Waals surface area contributed by atoms with Crippen molar-refractivity contribution in [3.05, 3.63) is 70.8 Å². The summed E-state index contributed by atoms with van der Waals surface area (Å²) in [5, 5.41) is 6.72. The molecule has 2 aliphatic heterocycles. The molecule has 2 aliphatic rings. The lowest BCUT2D eigenvalue weighted by Crippen LogP contribution is -2.45. The molecule has 5 aromatic rings. The maximum absolute atomic E-state index is 13.5. The lowest BCUT2D eigenvalue weighted by molar-refractivity contribution is 0.0532. The Morgan fingerprint density at radius 2 is 0.737 bits per heavy atom. The molecule has 0 unspecified atom stereocenters. The van der Waals surface area contributed by atoms with Crippen LogP contribution in [0.5, 0.6) is 0 Å². The van der Waals surface area contributed by atoms with E-state index in [2.05, 4.69) is 0 Å². The van der Waals surface area contributed by atoms with E-state index in [0.29, 0.717) is 45.9 Å². The molecule has 7 rings (SSSR count). The molecule has 0 bridgehead atoms. The Bertz CT molecular complexity index is 1660. The third-order valence-electron chi connectivity index (χ3n) is 8.76. The van der Waals surface area contributed by atoms with Crippen LogP contribution in [0.3, 0.4) is 0 Å². The van der Waals surface area contributed by atoms with Crippen molar-refractivity contribution in [2.75, 3.05) is 0 Å². The molecule has 0 aromatic heterocycles. The van der Waals surface area contributed by atoms with Crippen molar-refractivity contribution in [1.82, 2.24) is 9.80 Å². The van der Waals surface area contributed by atoms with E-state index in [0.717, 1.165) is 32.3 Å². The number of carbonyl (C=O) groups is 4. The minimum absolute atomic E-state index is 0.201. The zero-order valence-electron chi connectivity index (χ0n) is 21.7. The number of rotatable bonds is 4. The first-order valence-corrected chi connectivity index (χ1v) is 13.3. The molecule has 0 aliphatic carbocycles. The summed E-state index contributed by atoms with van der Waals surface area (Å²) in [6, 6.07) is 14.6. The van der Waals surface area contributed by atoms with Crippen LogP contribution >= 0.6 is 0 Å². The van der Waals surface area contributed by atoms with Gasteiger partial charge in [0.15, 0.2) is 0 Å². The quantitative estimate of drug-likeness (QED) is 0.159. The van der Waals surface area contributed by atoms with Gasteiger partial charge in [0, 0.05) is 45.1 Å². The standard InChI is InChI=1S/C32H26N2O4/c1-5-15(3)33-29(35)21-11-7-17-19-9-13-23-28-24(32(38)34(31(23)37)16(4)6-2)14-10-20(26(19)28)18-8-12-22(30(33)36)27(21)25(17)18/h7-16H,5-6H2,1-4H3/t15-,16-/m1/s1. The van der Waals surface area contributed by atoms with Crippen LogP contribution in [-0.2, 0) is 0 Å². The van der Waals surface area contributed by atoms with Gasteiger partial charge < -0.3 is 0 Å². The highest BCUT2D eigenvalue weighted by Crippen LogP contribution is 2.46. The summed E-state index contributed by atoms with van der Waals surface area (Å²) in [4.78, 5) is 56.8. The van der Waals surface area contributed by atoms with Gasteiger partial charge in [-0.15, -0.1) is 0 Å². The fourth-order valence-electron chi connectivity index (χ4n) is 6.47. The molecule has 0 N–H and O–H groups in total. The average Bonchev–Trinajstić information content (AvgIpc) is 2.93. The first-order valence-electron chi connectivity index (χ1n) is 13.3. The van der Waals surface area contributed by atoms with Crippen molar-refractivity contribution >= 4 is 66.7 Å². The second kappa shape index (κ2) is 7.60. The Labute approximate surface area is 219 Å². The zero-order chi connectivity index (χ0) is 26.6. The lowest BCUT2D eigenvalue weighted by Gasteiger charge is -2.33. The predicted molar refractivity (Wildman–Crippen MR) is 148 cm³/mol. The van der Waals surface area contributed by atoms with E-state index in [1.807, 2.05) is 76.2 Å². The molecule has 2 heterocycles. The van der Waals surface area contributed by atoms with Crippen molar-refractivity contribution in [3.8, 4) is 0 Å². The molecule has 0 saturated carbocycles. The van der Waals surface area contributed by atoms with Gasteiger partial charge in [-0.3, -0.25) is 29.0 Å². The first-order chi connectivity index (χ1) is 18.3. The van der Waals surface area contributed by atoms with Crippen molar-refractivity contribution in [2.45, 2.75) is 52.6 Å². The van der Waals surface area contributed by atoms with E-state index >= 15 is 0 Å². The molecular formula is C32H26N2O4. The number of hydrogen-bond acceptors (Lipinski definition) is 4. The Hall–Kier alpha value is -4.32. The summed E-state index contributed by atoms with van der Waals surface area (Å²) in [6.45, 7) is 7.72. The van der Waals surface area contributed by atoms with Gasteiger partial charge in [0.05, 0.1) is 0 Å². The van der Waals surface area contributed by atoms with Crippen LogP contribution in [0.4, 0.5) is 0 Å². The van der Waals surface area contributed by atoms with E-state index in [9.17, 15) is 19.2 Å². The molecule has 4 amide bonds. The van der Waals surface area contributed by atoms with Crippen LogP contribution < -0.4 is 0 Å². The van der Waals surface area contributed by atoms with Gasteiger partial charge in [0.25, 0.3) is 23.6 Å². The van der Waals surface area contributed by atoms with Gasteiger partial charge in [-0.25, -0.2) is 0 Å². The van der Waals surface area contributed by atoms with Gasteiger partial charge >= 0.3 is 0 Å². The topological polar surface area (TPSA) is 74.8 Å². The summed E-state index contributed by atoms with van der Waals surface area (Å²) >= 11 is 0. The third kappa shape index (κ3) is 2.57. The number of amides is 4. The van der Waals surface area contributed by atoms with Crippen molar-refractivity contribution in [1.29, 1.82) is 0 Å². The summed E-state index contributed by atoms with van der Waals surface area (Å²) in [7, 11) is 0. The highest BCUT2D eigenvalue weighted by molar-refractivity contribution is 6.41. The number of benzene rings is 5. The van der Waals surface area contributed by atoms with Crippen LogP contribution in [0.1, 0.15) is 82.0 Å². The number of imide groups is 2. The Balaban J connectivity index is 1.60. The molecule has 188 valence electrons. The normalized spacial score (nSPS) is 17.1. The molecule has 5 aromatic carbocycles. The van der Waals surface area contributed by atoms with E-state index in [4.69, 9.17) is 0 Å². The second-order valence-corrected chi connectivity index (χ2v) is 10.6. The molecule has 0 radical (unpaired) electrons. The van der Waals surface area contributed by atoms with Gasteiger partial charge in [0.2, 0.25) is 0 Å². The number of hydrogen-bond donors (Lipinski definition) is 0. The van der Waals surface area contributed by atoms with Gasteiger partial charge in [0.1, 0.15) is 0 Å². The Kier molecular flexibility index (Phi) is 4.57. The largest absolute Gasteiger partial charge is 0.272 e. The summed E-state index contributed by atoms with van der Waals surface area (Å²) < 4.78 is 0. The minimum atomic E-state index is -0.266. The fourth-order valence-corrected chi connectivity index (χ4v) is 6.47. The molecule has 0 fully saturated rings. The Morgan fingerprint density at radius 1 is 0.474 bits per heavy atom. The summed E-state index contributed by atoms with van der Waals surface area (Å²) in [5.41, 5.74) is 2.13. The van der Waals surface area contributed by atoms with E-state index in [1.54, 1.807) is 0 Å². The van der Waals surface area contributed by atoms with E-state index < -0.39 is 0 Å². The fraction of sp³-hybridized carbons (Fsp3) is 0.250. The van der Waals surface area contributed by atoms with E-state index in [-0.39, 0.29) is 35.7 Å². The Morgan fingerprint density at radius 3 is 0.974 bits per heavy atom. The van der Waals surface area contributed by atoms with Gasteiger partial charge in [-0.2, -0.15) is 0 Å². The summed E-state index contributed by atoms with van der Waals surface area (Å²) in [5.74, 6) is -1.06. The van der Waals surface area contributed by atoms with Crippen LogP contribution in [0.15, 0.2) is 48.5 Å². The number of fused-ring (bicyclic) bond motifs is 2. The highest BCUT2D eigenvalue weighted by atomic mass is 16.2. The van der Waals surface area contributed by atoms with Gasteiger partial charge in [-0.05, 0) is 83.3 Å². The second-order valence-electron chi connectivity index (χ2n) is 10.6. The van der Waals surface area contributed by atoms with Crippen molar-refractivity contribution < 1.29 is 19.2 Å². The maximum Gasteiger partial charge on any atom is 0.261 e. The maximum atomic E-state index is 13.5. The molecule has 0 saturated heterocycles. The van der Waals surface area contributed by atoms with Crippen LogP contribution in [-0.4, -0.2) is 45.5 Å².